The van der Waals surface area contributed by atoms with E-state index in [0.717, 1.165) is 23.7 Å². The molecule has 1 nitrogen and oxygen atoms in total. The van der Waals surface area contributed by atoms with E-state index in [2.05, 4.69) is 101 Å². The summed E-state index contributed by atoms with van der Waals surface area (Å²) >= 11 is 0. The van der Waals surface area contributed by atoms with Crippen molar-refractivity contribution in [3.8, 4) is 5.75 Å². The molecule has 0 amide bonds. The molecule has 2 fully saturated rings. The molecule has 1 aromatic carbocycles. The zero-order valence-corrected chi connectivity index (χ0v) is 26.6. The Morgan fingerprint density at radius 2 is 0.757 bits per heavy atom. The summed E-state index contributed by atoms with van der Waals surface area (Å²) in [5.41, 5.74) is 2.54. The maximum absolute atomic E-state index is 12.2. The van der Waals surface area contributed by atoms with Gasteiger partial charge < -0.3 is 5.11 Å². The second kappa shape index (κ2) is 12.5. The summed E-state index contributed by atoms with van der Waals surface area (Å²) in [5.74, 6) is 9.68. The van der Waals surface area contributed by atoms with E-state index >= 15 is 0 Å². The topological polar surface area (TPSA) is 20.2 Å². The van der Waals surface area contributed by atoms with Crippen molar-refractivity contribution < 1.29 is 5.11 Å². The summed E-state index contributed by atoms with van der Waals surface area (Å²) in [4.78, 5) is 0. The number of hydrogen-bond donors (Lipinski definition) is 1. The fourth-order valence-electron chi connectivity index (χ4n) is 8.69. The fourth-order valence-corrected chi connectivity index (χ4v) is 8.69. The Hall–Kier alpha value is -0.980. The molecule has 0 radical (unpaired) electrons. The maximum atomic E-state index is 12.2. The highest BCUT2D eigenvalue weighted by molar-refractivity contribution is 5.46. The lowest BCUT2D eigenvalue weighted by Gasteiger charge is -2.49. The molecular weight excluding hydrogens is 448 g/mol. The summed E-state index contributed by atoms with van der Waals surface area (Å²) < 4.78 is 0. The summed E-state index contributed by atoms with van der Waals surface area (Å²) in [6, 6.07) is 6.91. The lowest BCUT2D eigenvalue weighted by Crippen LogP contribution is -2.39. The van der Waals surface area contributed by atoms with E-state index in [1.807, 2.05) is 0 Å². The van der Waals surface area contributed by atoms with Crippen molar-refractivity contribution in [1.29, 1.82) is 0 Å². The first-order valence-corrected chi connectivity index (χ1v) is 16.1. The normalized spacial score (nSPS) is 33.5. The van der Waals surface area contributed by atoms with Crippen LogP contribution in [0.4, 0.5) is 0 Å². The average molecular weight is 511 g/mol. The maximum Gasteiger partial charge on any atom is 0.122 e. The summed E-state index contributed by atoms with van der Waals surface area (Å²) in [5, 5.41) is 12.2. The molecule has 1 aromatic rings. The summed E-state index contributed by atoms with van der Waals surface area (Å²) in [6.07, 6.45) is 5.20. The summed E-state index contributed by atoms with van der Waals surface area (Å²) in [7, 11) is 0. The fraction of sp³-hybridized carbons (Fsp3) is 0.833. The number of phenols is 1. The third kappa shape index (κ3) is 6.44. The number of hydrogen-bond acceptors (Lipinski definition) is 1. The number of phenolic OH excluding ortho intramolecular Hbond substituents is 1. The third-order valence-corrected chi connectivity index (χ3v) is 11.3. The molecule has 0 saturated heterocycles. The number of aromatic hydroxyl groups is 1. The van der Waals surface area contributed by atoms with E-state index in [0.29, 0.717) is 64.9 Å². The van der Waals surface area contributed by atoms with Gasteiger partial charge >= 0.3 is 0 Å². The molecule has 2 aliphatic carbocycles. The predicted octanol–water partition coefficient (Wildman–Crippen LogP) is 10.8. The number of para-hydroxylation sites is 1. The monoisotopic (exact) mass is 510 g/mol. The van der Waals surface area contributed by atoms with Gasteiger partial charge in [0, 0.05) is 0 Å². The van der Waals surface area contributed by atoms with Crippen molar-refractivity contribution in [3.05, 3.63) is 29.3 Å². The minimum absolute atomic E-state index is 0.456. The second-order valence-electron chi connectivity index (χ2n) is 15.4. The van der Waals surface area contributed by atoms with Gasteiger partial charge in [0.2, 0.25) is 0 Å². The number of benzene rings is 1. The lowest BCUT2D eigenvalue weighted by molar-refractivity contribution is 0.0680. The Bertz CT molecular complexity index is 744. The zero-order valence-electron chi connectivity index (χ0n) is 26.6. The van der Waals surface area contributed by atoms with Crippen molar-refractivity contribution in [1.82, 2.24) is 0 Å². The van der Waals surface area contributed by atoms with Gasteiger partial charge in [0.1, 0.15) is 5.75 Å². The van der Waals surface area contributed by atoms with Crippen molar-refractivity contribution in [2.75, 3.05) is 0 Å². The quantitative estimate of drug-likeness (QED) is 0.368. The van der Waals surface area contributed by atoms with Crippen molar-refractivity contribution in [3.63, 3.8) is 0 Å². The van der Waals surface area contributed by atoms with E-state index in [4.69, 9.17) is 0 Å². The zero-order chi connectivity index (χ0) is 27.8. The third-order valence-electron chi connectivity index (χ3n) is 11.3. The van der Waals surface area contributed by atoms with Gasteiger partial charge in [-0.25, -0.2) is 0 Å². The van der Waals surface area contributed by atoms with Crippen LogP contribution in [0, 0.1) is 71.0 Å². The molecule has 3 rings (SSSR count). The van der Waals surface area contributed by atoms with Crippen LogP contribution in [0.2, 0.25) is 0 Å². The predicted molar refractivity (Wildman–Crippen MR) is 162 cm³/mol. The van der Waals surface area contributed by atoms with Crippen LogP contribution in [0.15, 0.2) is 18.2 Å². The van der Waals surface area contributed by atoms with Gasteiger partial charge in [0.25, 0.3) is 0 Å². The highest BCUT2D eigenvalue weighted by Crippen LogP contribution is 2.57. The molecule has 0 bridgehead atoms. The van der Waals surface area contributed by atoms with Gasteiger partial charge in [-0.3, -0.25) is 0 Å². The Morgan fingerprint density at radius 1 is 0.486 bits per heavy atom. The van der Waals surface area contributed by atoms with E-state index < -0.39 is 0 Å². The first kappa shape index (κ1) is 30.6. The highest BCUT2D eigenvalue weighted by Gasteiger charge is 2.46. The molecule has 0 aromatic heterocycles. The number of rotatable bonds is 8. The van der Waals surface area contributed by atoms with E-state index in [1.54, 1.807) is 0 Å². The average Bonchev–Trinajstić information content (AvgIpc) is 2.82. The van der Waals surface area contributed by atoms with E-state index in [9.17, 15) is 5.11 Å². The molecule has 2 aliphatic rings. The van der Waals surface area contributed by atoms with Crippen LogP contribution in [0.25, 0.3) is 0 Å². The van der Waals surface area contributed by atoms with Gasteiger partial charge in [0.15, 0.2) is 0 Å². The van der Waals surface area contributed by atoms with Crippen LogP contribution < -0.4 is 0 Å². The Labute approximate surface area is 231 Å². The second-order valence-corrected chi connectivity index (χ2v) is 15.4. The molecular formula is C36H62O. The molecule has 0 spiro atoms. The largest absolute Gasteiger partial charge is 0.507 e. The van der Waals surface area contributed by atoms with Crippen LogP contribution in [-0.2, 0) is 0 Å². The molecule has 1 heteroatoms. The minimum Gasteiger partial charge on any atom is -0.507 e. The first-order chi connectivity index (χ1) is 17.3. The lowest BCUT2D eigenvalue weighted by atomic mass is 9.56. The van der Waals surface area contributed by atoms with Gasteiger partial charge in [-0.15, -0.1) is 0 Å². The standard InChI is InChI=1S/C36H62O/c1-20(2)26-16-30(22(5)6)34(31(17-26)23(7)8)28-14-13-15-29(36(28)37)35-32(24(9)10)18-27(21(3)4)19-33(35)25(11)12/h13-15,20-27,30-35,37H,16-19H2,1-12H3. The Balaban J connectivity index is 2.12. The van der Waals surface area contributed by atoms with Crippen molar-refractivity contribution in [2.45, 2.75) is 121 Å². The van der Waals surface area contributed by atoms with E-state index in [1.165, 1.54) is 36.8 Å². The Morgan fingerprint density at radius 3 is 0.973 bits per heavy atom. The van der Waals surface area contributed by atoms with Crippen LogP contribution in [0.3, 0.4) is 0 Å². The van der Waals surface area contributed by atoms with Crippen LogP contribution in [0.1, 0.15) is 132 Å². The van der Waals surface area contributed by atoms with Gasteiger partial charge in [-0.05, 0) is 120 Å². The molecule has 212 valence electrons. The molecule has 0 heterocycles. The van der Waals surface area contributed by atoms with Crippen LogP contribution in [0.5, 0.6) is 5.75 Å². The minimum atomic E-state index is 0.456. The van der Waals surface area contributed by atoms with Gasteiger partial charge in [-0.1, -0.05) is 101 Å². The SMILES string of the molecule is CC(C)C1CC(C(C)C)C(c2cccc(C3C(C(C)C)CC(C(C)C)CC3C(C)C)c2O)C(C(C)C)C1. The van der Waals surface area contributed by atoms with Crippen LogP contribution >= 0.6 is 0 Å². The highest BCUT2D eigenvalue weighted by atomic mass is 16.3. The Kier molecular flexibility index (Phi) is 10.3. The van der Waals surface area contributed by atoms with Gasteiger partial charge in [0.05, 0.1) is 0 Å². The first-order valence-electron chi connectivity index (χ1n) is 16.1. The molecule has 0 aliphatic heterocycles. The molecule has 2 saturated carbocycles. The smallest absolute Gasteiger partial charge is 0.122 e. The molecule has 4 atom stereocenters. The van der Waals surface area contributed by atoms with Gasteiger partial charge in [-0.2, -0.15) is 0 Å². The van der Waals surface area contributed by atoms with Crippen LogP contribution in [-0.4, -0.2) is 5.11 Å². The molecule has 37 heavy (non-hydrogen) atoms. The molecule has 1 N–H and O–H groups in total. The molecule has 4 unspecified atom stereocenters. The van der Waals surface area contributed by atoms with Crippen molar-refractivity contribution >= 4 is 0 Å². The van der Waals surface area contributed by atoms with E-state index in [-0.39, 0.29) is 0 Å². The summed E-state index contributed by atoms with van der Waals surface area (Å²) in [6.45, 7) is 29.1. The van der Waals surface area contributed by atoms with Crippen molar-refractivity contribution in [2.24, 2.45) is 71.0 Å².